The molecular weight excluding hydrogens is 302 g/mol. The summed E-state index contributed by atoms with van der Waals surface area (Å²) in [6, 6.07) is 7.99. The molecule has 3 rings (SSSR count). The molecule has 0 spiro atoms. The quantitative estimate of drug-likeness (QED) is 0.917. The van der Waals surface area contributed by atoms with Crippen molar-refractivity contribution in [3.05, 3.63) is 47.3 Å². The maximum absolute atomic E-state index is 12.4. The van der Waals surface area contributed by atoms with E-state index >= 15 is 0 Å². The lowest BCUT2D eigenvalue weighted by molar-refractivity contribution is -0.121. The fraction of sp³-hybridized carbons (Fsp3) is 0.474. The van der Waals surface area contributed by atoms with E-state index in [2.05, 4.69) is 25.4 Å². The van der Waals surface area contributed by atoms with Crippen molar-refractivity contribution >= 4 is 5.91 Å². The summed E-state index contributed by atoms with van der Waals surface area (Å²) in [4.78, 5) is 12.4. The van der Waals surface area contributed by atoms with Crippen LogP contribution in [-0.4, -0.2) is 22.8 Å². The van der Waals surface area contributed by atoms with E-state index in [9.17, 15) is 4.79 Å². The summed E-state index contributed by atoms with van der Waals surface area (Å²) in [7, 11) is 1.64. The van der Waals surface area contributed by atoms with Gasteiger partial charge in [-0.25, -0.2) is 0 Å². The lowest BCUT2D eigenvalue weighted by atomic mass is 9.93. The molecule has 5 nitrogen and oxygen atoms in total. The van der Waals surface area contributed by atoms with Crippen molar-refractivity contribution in [2.45, 2.75) is 51.6 Å². The Labute approximate surface area is 143 Å². The van der Waals surface area contributed by atoms with Gasteiger partial charge in [-0.2, -0.15) is 5.10 Å². The molecule has 0 fully saturated rings. The molecule has 0 radical (unpaired) electrons. The first-order valence-corrected chi connectivity index (χ1v) is 8.57. The van der Waals surface area contributed by atoms with Crippen molar-refractivity contribution in [1.82, 2.24) is 15.1 Å². The molecule has 1 aromatic heterocycles. The van der Waals surface area contributed by atoms with Crippen molar-refractivity contribution in [3.8, 4) is 5.75 Å². The molecular formula is C19H25N3O2. The number of aromatic nitrogens is 2. The zero-order chi connectivity index (χ0) is 17.1. The largest absolute Gasteiger partial charge is 0.497 e. The number of carbonyl (C=O) groups is 1. The number of rotatable bonds is 5. The van der Waals surface area contributed by atoms with Gasteiger partial charge < -0.3 is 10.1 Å². The van der Waals surface area contributed by atoms with Gasteiger partial charge in [-0.3, -0.25) is 9.48 Å². The van der Waals surface area contributed by atoms with E-state index in [1.807, 2.05) is 28.9 Å². The minimum atomic E-state index is 0.0273. The van der Waals surface area contributed by atoms with Crippen LogP contribution in [0.4, 0.5) is 0 Å². The second-order valence-electron chi connectivity index (χ2n) is 6.65. The predicted octanol–water partition coefficient (Wildman–Crippen LogP) is 3.21. The third-order valence-electron chi connectivity index (χ3n) is 4.50. The highest BCUT2D eigenvalue weighted by atomic mass is 16.5. The van der Waals surface area contributed by atoms with Crippen LogP contribution in [-0.2, 0) is 17.6 Å². The van der Waals surface area contributed by atoms with E-state index < -0.39 is 0 Å². The molecule has 1 atom stereocenters. The monoisotopic (exact) mass is 327 g/mol. The number of methoxy groups -OCH3 is 1. The highest BCUT2D eigenvalue weighted by Gasteiger charge is 2.25. The number of amides is 1. The molecule has 0 bridgehead atoms. The third-order valence-corrected chi connectivity index (χ3v) is 4.50. The molecule has 5 heteroatoms. The van der Waals surface area contributed by atoms with E-state index in [4.69, 9.17) is 9.84 Å². The van der Waals surface area contributed by atoms with Crippen LogP contribution >= 0.6 is 0 Å². The van der Waals surface area contributed by atoms with Crippen molar-refractivity contribution < 1.29 is 9.53 Å². The minimum Gasteiger partial charge on any atom is -0.497 e. The number of hydrogen-bond donors (Lipinski definition) is 1. The number of ether oxygens (including phenoxy) is 1. The number of hydrogen-bond acceptors (Lipinski definition) is 3. The normalized spacial score (nSPS) is 16.8. The van der Waals surface area contributed by atoms with E-state index in [1.165, 1.54) is 5.56 Å². The van der Waals surface area contributed by atoms with Gasteiger partial charge in [0.2, 0.25) is 5.91 Å². The molecule has 1 aliphatic carbocycles. The van der Waals surface area contributed by atoms with Crippen molar-refractivity contribution in [3.63, 3.8) is 0 Å². The van der Waals surface area contributed by atoms with Crippen LogP contribution in [0.1, 0.15) is 55.6 Å². The van der Waals surface area contributed by atoms with Gasteiger partial charge in [-0.05, 0) is 56.4 Å². The summed E-state index contributed by atoms with van der Waals surface area (Å²) in [5.41, 5.74) is 3.29. The second-order valence-corrected chi connectivity index (χ2v) is 6.65. The molecule has 1 aliphatic rings. The van der Waals surface area contributed by atoms with Crippen LogP contribution < -0.4 is 10.1 Å². The topological polar surface area (TPSA) is 56.1 Å². The first-order chi connectivity index (χ1) is 11.6. The SMILES string of the molecule is COc1ccc(CC(=O)NC2CCCc3cn(C(C)C)nc32)cc1. The van der Waals surface area contributed by atoms with Gasteiger partial charge in [-0.1, -0.05) is 12.1 Å². The fourth-order valence-electron chi connectivity index (χ4n) is 3.14. The summed E-state index contributed by atoms with van der Waals surface area (Å²) >= 11 is 0. The Balaban J connectivity index is 1.66. The zero-order valence-corrected chi connectivity index (χ0v) is 14.6. The van der Waals surface area contributed by atoms with Crippen LogP contribution in [0.2, 0.25) is 0 Å². The maximum Gasteiger partial charge on any atom is 0.224 e. The highest BCUT2D eigenvalue weighted by Crippen LogP contribution is 2.29. The van der Waals surface area contributed by atoms with Crippen LogP contribution in [0.25, 0.3) is 0 Å². The summed E-state index contributed by atoms with van der Waals surface area (Å²) in [6.07, 6.45) is 5.59. The fourth-order valence-corrected chi connectivity index (χ4v) is 3.14. The summed E-state index contributed by atoms with van der Waals surface area (Å²) in [5.74, 6) is 0.840. The average Bonchev–Trinajstić information content (AvgIpc) is 3.01. The van der Waals surface area contributed by atoms with E-state index in [0.29, 0.717) is 12.5 Å². The number of aryl methyl sites for hydroxylation is 1. The third kappa shape index (κ3) is 3.61. The molecule has 1 amide bonds. The van der Waals surface area contributed by atoms with Gasteiger partial charge in [0, 0.05) is 12.2 Å². The molecule has 1 unspecified atom stereocenters. The van der Waals surface area contributed by atoms with Crippen molar-refractivity contribution in [1.29, 1.82) is 0 Å². The van der Waals surface area contributed by atoms with E-state index in [0.717, 1.165) is 36.3 Å². The smallest absolute Gasteiger partial charge is 0.224 e. The average molecular weight is 327 g/mol. The first-order valence-electron chi connectivity index (χ1n) is 8.57. The molecule has 2 aromatic rings. The van der Waals surface area contributed by atoms with E-state index in [-0.39, 0.29) is 11.9 Å². The molecule has 1 N–H and O–H groups in total. The second kappa shape index (κ2) is 7.07. The Morgan fingerprint density at radius 2 is 2.12 bits per heavy atom. The van der Waals surface area contributed by atoms with Crippen molar-refractivity contribution in [2.24, 2.45) is 0 Å². The maximum atomic E-state index is 12.4. The Morgan fingerprint density at radius 1 is 1.38 bits per heavy atom. The Kier molecular flexibility index (Phi) is 4.88. The van der Waals surface area contributed by atoms with Crippen molar-refractivity contribution in [2.75, 3.05) is 7.11 Å². The predicted molar refractivity (Wildman–Crippen MR) is 93.1 cm³/mol. The number of benzene rings is 1. The van der Waals surface area contributed by atoms with Gasteiger partial charge in [0.25, 0.3) is 0 Å². The number of fused-ring (bicyclic) bond motifs is 1. The lowest BCUT2D eigenvalue weighted by Crippen LogP contribution is -2.32. The van der Waals surface area contributed by atoms with Gasteiger partial charge in [0.15, 0.2) is 0 Å². The Hall–Kier alpha value is -2.30. The molecule has 0 saturated carbocycles. The summed E-state index contributed by atoms with van der Waals surface area (Å²) in [6.45, 7) is 4.24. The molecule has 0 aliphatic heterocycles. The van der Waals surface area contributed by atoms with Gasteiger partial charge >= 0.3 is 0 Å². The minimum absolute atomic E-state index is 0.0273. The number of nitrogens with one attached hydrogen (secondary N) is 1. The molecule has 1 heterocycles. The van der Waals surface area contributed by atoms with Crippen LogP contribution in [0.3, 0.4) is 0 Å². The molecule has 24 heavy (non-hydrogen) atoms. The lowest BCUT2D eigenvalue weighted by Gasteiger charge is -2.22. The molecule has 0 saturated heterocycles. The number of nitrogens with zero attached hydrogens (tertiary/aromatic N) is 2. The standard InChI is InChI=1S/C19H25N3O2/c1-13(2)22-12-15-5-4-6-17(19(15)21-22)20-18(23)11-14-7-9-16(24-3)10-8-14/h7-10,12-13,17H,4-6,11H2,1-3H3,(H,20,23). The Bertz CT molecular complexity index is 704. The Morgan fingerprint density at radius 3 is 2.79 bits per heavy atom. The van der Waals surface area contributed by atoms with Gasteiger partial charge in [-0.15, -0.1) is 0 Å². The summed E-state index contributed by atoms with van der Waals surface area (Å²) in [5, 5.41) is 7.86. The van der Waals surface area contributed by atoms with Gasteiger partial charge in [0.1, 0.15) is 5.75 Å². The van der Waals surface area contributed by atoms with Crippen LogP contribution in [0, 0.1) is 0 Å². The highest BCUT2D eigenvalue weighted by molar-refractivity contribution is 5.79. The number of carbonyl (C=O) groups excluding carboxylic acids is 1. The zero-order valence-electron chi connectivity index (χ0n) is 14.6. The first kappa shape index (κ1) is 16.6. The van der Waals surface area contributed by atoms with E-state index in [1.54, 1.807) is 7.11 Å². The summed E-state index contributed by atoms with van der Waals surface area (Å²) < 4.78 is 7.14. The molecule has 1 aromatic carbocycles. The van der Waals surface area contributed by atoms with Gasteiger partial charge in [0.05, 0.1) is 25.3 Å². The molecule has 128 valence electrons. The van der Waals surface area contributed by atoms with Crippen LogP contribution in [0.15, 0.2) is 30.5 Å². The van der Waals surface area contributed by atoms with Crippen LogP contribution in [0.5, 0.6) is 5.75 Å².